The molecule has 0 spiro atoms. The van der Waals surface area contributed by atoms with E-state index in [1.807, 2.05) is 0 Å². The van der Waals surface area contributed by atoms with E-state index < -0.39 is 35.0 Å². The first-order valence-electron chi connectivity index (χ1n) is 10.1. The lowest BCUT2D eigenvalue weighted by Gasteiger charge is -2.22. The largest absolute Gasteiger partial charge is 0.480 e. The molecule has 0 bridgehead atoms. The molecule has 0 aliphatic carbocycles. The Kier molecular flexibility index (Phi) is 6.49. The number of carbonyl (C=O) groups is 2. The first-order chi connectivity index (χ1) is 15.0. The molecule has 3 heterocycles. The maximum atomic E-state index is 12.9. The van der Waals surface area contributed by atoms with Gasteiger partial charge in [0.15, 0.2) is 0 Å². The number of amides is 1. The molecule has 1 amide bonds. The molecule has 2 N–H and O–H groups in total. The lowest BCUT2D eigenvalue weighted by atomic mass is 10.1. The van der Waals surface area contributed by atoms with Gasteiger partial charge in [0.1, 0.15) is 17.5 Å². The van der Waals surface area contributed by atoms with Crippen LogP contribution < -0.4 is 16.6 Å². The van der Waals surface area contributed by atoms with Gasteiger partial charge in [0.2, 0.25) is 0 Å². The Morgan fingerprint density at radius 1 is 1.31 bits per heavy atom. The zero-order valence-corrected chi connectivity index (χ0v) is 18.4. The van der Waals surface area contributed by atoms with Crippen LogP contribution in [0.2, 0.25) is 0 Å². The average Bonchev–Trinajstić information content (AvgIpc) is 2.71. The van der Waals surface area contributed by atoms with E-state index in [1.165, 1.54) is 16.8 Å². The summed E-state index contributed by atoms with van der Waals surface area (Å²) in [6.45, 7) is 5.58. The molecular formula is C21H26N4O7. The van der Waals surface area contributed by atoms with Crippen molar-refractivity contribution in [2.75, 3.05) is 6.61 Å². The Bertz CT molecular complexity index is 1140. The van der Waals surface area contributed by atoms with Gasteiger partial charge in [-0.3, -0.25) is 9.36 Å². The van der Waals surface area contributed by atoms with Crippen LogP contribution in [0.15, 0.2) is 27.9 Å². The van der Waals surface area contributed by atoms with Crippen molar-refractivity contribution >= 4 is 12.1 Å². The average molecular weight is 446 g/mol. The summed E-state index contributed by atoms with van der Waals surface area (Å²) in [4.78, 5) is 53.3. The molecule has 32 heavy (non-hydrogen) atoms. The number of carboxylic acids is 1. The number of aliphatic carboxylic acids is 1. The number of rotatable bonds is 5. The van der Waals surface area contributed by atoms with Gasteiger partial charge < -0.3 is 19.9 Å². The monoisotopic (exact) mass is 446 g/mol. The zero-order valence-electron chi connectivity index (χ0n) is 18.4. The highest BCUT2D eigenvalue weighted by molar-refractivity contribution is 5.80. The minimum absolute atomic E-state index is 0.0627. The van der Waals surface area contributed by atoms with Crippen LogP contribution in [-0.2, 0) is 40.8 Å². The molecule has 0 radical (unpaired) electrons. The van der Waals surface area contributed by atoms with Crippen molar-refractivity contribution in [2.24, 2.45) is 7.05 Å². The predicted molar refractivity (Wildman–Crippen MR) is 113 cm³/mol. The second-order valence-corrected chi connectivity index (χ2v) is 8.48. The maximum absolute atomic E-state index is 12.9. The third-order valence-corrected chi connectivity index (χ3v) is 4.89. The summed E-state index contributed by atoms with van der Waals surface area (Å²) in [5.41, 5.74) is -0.226. The quantitative estimate of drug-likeness (QED) is 0.677. The van der Waals surface area contributed by atoms with Crippen LogP contribution in [0.1, 0.15) is 37.6 Å². The van der Waals surface area contributed by atoms with Crippen molar-refractivity contribution in [3.05, 3.63) is 56.0 Å². The van der Waals surface area contributed by atoms with Gasteiger partial charge in [-0.2, -0.15) is 0 Å². The van der Waals surface area contributed by atoms with Crippen molar-refractivity contribution < 1.29 is 24.2 Å². The van der Waals surface area contributed by atoms with Crippen LogP contribution in [0, 0.1) is 0 Å². The van der Waals surface area contributed by atoms with Crippen molar-refractivity contribution in [1.29, 1.82) is 0 Å². The molecule has 1 aliphatic rings. The Balaban J connectivity index is 1.84. The third kappa shape index (κ3) is 5.05. The zero-order chi connectivity index (χ0) is 23.6. The van der Waals surface area contributed by atoms with E-state index >= 15 is 0 Å². The van der Waals surface area contributed by atoms with Crippen molar-refractivity contribution in [3.8, 4) is 5.82 Å². The second-order valence-electron chi connectivity index (χ2n) is 8.48. The molecule has 172 valence electrons. The van der Waals surface area contributed by atoms with Gasteiger partial charge in [-0.15, -0.1) is 0 Å². The molecule has 3 rings (SSSR count). The number of hydrogen-bond donors (Lipinski definition) is 2. The van der Waals surface area contributed by atoms with Crippen LogP contribution in [0.3, 0.4) is 0 Å². The van der Waals surface area contributed by atoms with Crippen molar-refractivity contribution in [3.63, 3.8) is 0 Å². The minimum atomic E-state index is -1.24. The van der Waals surface area contributed by atoms with Crippen LogP contribution in [0.4, 0.5) is 4.79 Å². The number of fused-ring (bicyclic) bond motifs is 1. The van der Waals surface area contributed by atoms with Crippen molar-refractivity contribution in [2.45, 2.75) is 51.9 Å². The molecule has 0 fully saturated rings. The highest BCUT2D eigenvalue weighted by atomic mass is 16.6. The fourth-order valence-electron chi connectivity index (χ4n) is 3.38. The highest BCUT2D eigenvalue weighted by Gasteiger charge is 2.25. The lowest BCUT2D eigenvalue weighted by molar-refractivity contribution is -0.139. The molecule has 1 unspecified atom stereocenters. The number of alkyl carbamates (subject to hydrolysis) is 1. The number of carbonyl (C=O) groups excluding carboxylic acids is 1. The Labute approximate surface area is 183 Å². The maximum Gasteiger partial charge on any atom is 0.408 e. The summed E-state index contributed by atoms with van der Waals surface area (Å²) in [6.07, 6.45) is 0.933. The molecule has 2 aromatic heterocycles. The van der Waals surface area contributed by atoms with Gasteiger partial charge in [0, 0.05) is 31.8 Å². The molecule has 1 atom stereocenters. The molecule has 11 heteroatoms. The fraction of sp³-hybridized carbons (Fsp3) is 0.476. The normalized spacial score (nSPS) is 14.4. The number of pyridine rings is 1. The summed E-state index contributed by atoms with van der Waals surface area (Å²) in [5.74, 6) is -1.13. The highest BCUT2D eigenvalue weighted by Crippen LogP contribution is 2.13. The number of nitrogens with one attached hydrogen (secondary N) is 1. The van der Waals surface area contributed by atoms with E-state index in [9.17, 15) is 24.3 Å². The van der Waals surface area contributed by atoms with E-state index in [1.54, 1.807) is 33.9 Å². The summed E-state index contributed by atoms with van der Waals surface area (Å²) in [5, 5.41) is 11.8. The van der Waals surface area contributed by atoms with E-state index in [2.05, 4.69) is 10.3 Å². The molecule has 0 saturated heterocycles. The van der Waals surface area contributed by atoms with E-state index in [-0.39, 0.29) is 18.8 Å². The molecule has 0 aromatic carbocycles. The molecule has 0 saturated carbocycles. The lowest BCUT2D eigenvalue weighted by Crippen LogP contribution is -2.44. The standard InChI is InChI=1S/C21H26N4O7/c1-21(2,3)32-19(29)23-14(18(27)28)9-12-5-6-16(22-10-12)25-17(26)13-11-31-8-7-15(13)24(4)20(25)30/h5-6,10,14H,7-9,11H2,1-4H3,(H,23,29)(H,27,28). The van der Waals surface area contributed by atoms with E-state index in [4.69, 9.17) is 9.47 Å². The van der Waals surface area contributed by atoms with Gasteiger partial charge in [0.05, 0.1) is 18.8 Å². The Hall–Kier alpha value is -3.47. The molecule has 11 nitrogen and oxygen atoms in total. The van der Waals surface area contributed by atoms with Crippen LogP contribution in [0.25, 0.3) is 5.82 Å². The predicted octanol–water partition coefficient (Wildman–Crippen LogP) is 0.524. The van der Waals surface area contributed by atoms with Gasteiger partial charge >= 0.3 is 17.8 Å². The number of carboxylic acid groups (broad SMARTS) is 1. The van der Waals surface area contributed by atoms with Gasteiger partial charge in [0.25, 0.3) is 5.56 Å². The third-order valence-electron chi connectivity index (χ3n) is 4.89. The summed E-state index contributed by atoms with van der Waals surface area (Å²) in [7, 11) is 1.59. The smallest absolute Gasteiger partial charge is 0.408 e. The minimum Gasteiger partial charge on any atom is -0.480 e. The summed E-state index contributed by atoms with van der Waals surface area (Å²) < 4.78 is 12.8. The first kappa shape index (κ1) is 23.2. The number of hydrogen-bond acceptors (Lipinski definition) is 7. The van der Waals surface area contributed by atoms with Crippen LogP contribution in [0.5, 0.6) is 0 Å². The topological polar surface area (TPSA) is 142 Å². The molecule has 1 aliphatic heterocycles. The molecule has 2 aromatic rings. The van der Waals surface area contributed by atoms with Crippen LogP contribution in [-0.4, -0.2) is 49.5 Å². The second kappa shape index (κ2) is 8.95. The van der Waals surface area contributed by atoms with Gasteiger partial charge in [-0.1, -0.05) is 6.07 Å². The van der Waals surface area contributed by atoms with E-state index in [0.717, 1.165) is 4.57 Å². The number of ether oxygens (including phenoxy) is 2. The van der Waals surface area contributed by atoms with Gasteiger partial charge in [-0.25, -0.2) is 23.9 Å². The first-order valence-corrected chi connectivity index (χ1v) is 10.1. The van der Waals surface area contributed by atoms with Crippen molar-refractivity contribution in [1.82, 2.24) is 19.4 Å². The number of aromatic nitrogens is 3. The molecular weight excluding hydrogens is 420 g/mol. The van der Waals surface area contributed by atoms with Crippen LogP contribution >= 0.6 is 0 Å². The Morgan fingerprint density at radius 2 is 2.03 bits per heavy atom. The Morgan fingerprint density at radius 3 is 2.62 bits per heavy atom. The summed E-state index contributed by atoms with van der Waals surface area (Å²) >= 11 is 0. The van der Waals surface area contributed by atoms with Gasteiger partial charge in [-0.05, 0) is 32.4 Å². The number of nitrogens with zero attached hydrogens (tertiary/aromatic N) is 3. The van der Waals surface area contributed by atoms with E-state index in [0.29, 0.717) is 29.8 Å². The summed E-state index contributed by atoms with van der Waals surface area (Å²) in [6, 6.07) is 1.77. The SMILES string of the molecule is Cn1c2c(c(=O)n(-c3ccc(CC(NC(=O)OC(C)(C)C)C(=O)O)cn3)c1=O)COCC2. The fourth-order valence-corrected chi connectivity index (χ4v) is 3.38.